The van der Waals surface area contributed by atoms with Crippen LogP contribution in [0.15, 0.2) is 48.5 Å². The normalized spacial score (nSPS) is 13.6. The van der Waals surface area contributed by atoms with Crippen molar-refractivity contribution in [1.82, 2.24) is 0 Å². The Morgan fingerprint density at radius 3 is 2.43 bits per heavy atom. The van der Waals surface area contributed by atoms with Crippen LogP contribution in [0.25, 0.3) is 21.9 Å². The molecule has 0 bridgehead atoms. The number of hydrogen-bond donors (Lipinski definition) is 0. The second-order valence-corrected chi connectivity index (χ2v) is 5.97. The van der Waals surface area contributed by atoms with Crippen molar-refractivity contribution in [2.24, 2.45) is 0 Å². The monoisotopic (exact) mass is 274 g/mol. The molecule has 0 radical (unpaired) electrons. The summed E-state index contributed by atoms with van der Waals surface area (Å²) in [6.07, 6.45) is 0. The van der Waals surface area contributed by atoms with E-state index in [1.165, 1.54) is 44.2 Å². The van der Waals surface area contributed by atoms with Crippen LogP contribution in [0.4, 0.5) is 0 Å². The first kappa shape index (κ1) is 12.6. The van der Waals surface area contributed by atoms with Crippen molar-refractivity contribution in [2.75, 3.05) is 0 Å². The zero-order chi connectivity index (χ0) is 14.4. The minimum Gasteiger partial charge on any atom is -0.372 e. The van der Waals surface area contributed by atoms with Crippen LogP contribution in [-0.2, 0) is 18.0 Å². The van der Waals surface area contributed by atoms with Gasteiger partial charge in [0.05, 0.1) is 13.2 Å². The van der Waals surface area contributed by atoms with Crippen molar-refractivity contribution in [3.05, 3.63) is 70.8 Å². The maximum Gasteiger partial charge on any atom is 0.0733 e. The lowest BCUT2D eigenvalue weighted by Crippen LogP contribution is -1.92. The highest BCUT2D eigenvalue weighted by atomic mass is 16.5. The number of hydrogen-bond acceptors (Lipinski definition) is 1. The lowest BCUT2D eigenvalue weighted by Gasteiger charge is -2.12. The van der Waals surface area contributed by atoms with Gasteiger partial charge in [0.2, 0.25) is 0 Å². The van der Waals surface area contributed by atoms with Gasteiger partial charge in [-0.25, -0.2) is 0 Å². The van der Waals surface area contributed by atoms with Crippen LogP contribution in [0.2, 0.25) is 0 Å². The highest BCUT2D eigenvalue weighted by Gasteiger charge is 2.16. The highest BCUT2D eigenvalue weighted by Crippen LogP contribution is 2.36. The molecule has 104 valence electrons. The molecule has 0 aromatic heterocycles. The molecule has 0 spiro atoms. The fourth-order valence-corrected chi connectivity index (χ4v) is 3.29. The first-order valence-corrected chi connectivity index (χ1v) is 7.42. The predicted octanol–water partition coefficient (Wildman–Crippen LogP) is 5.15. The zero-order valence-corrected chi connectivity index (χ0v) is 12.4. The van der Waals surface area contributed by atoms with E-state index < -0.39 is 0 Å². The smallest absolute Gasteiger partial charge is 0.0733 e. The molecule has 0 saturated heterocycles. The van der Waals surface area contributed by atoms with Gasteiger partial charge in [0, 0.05) is 0 Å². The van der Waals surface area contributed by atoms with Crippen molar-refractivity contribution in [3.63, 3.8) is 0 Å². The van der Waals surface area contributed by atoms with Crippen LogP contribution in [0.5, 0.6) is 0 Å². The summed E-state index contributed by atoms with van der Waals surface area (Å²) in [5.74, 6) is 0. The Labute approximate surface area is 125 Å². The third-order valence-electron chi connectivity index (χ3n) is 4.34. The van der Waals surface area contributed by atoms with Gasteiger partial charge in [-0.3, -0.25) is 0 Å². The summed E-state index contributed by atoms with van der Waals surface area (Å²) in [5.41, 5.74) is 7.83. The van der Waals surface area contributed by atoms with Gasteiger partial charge in [0.15, 0.2) is 0 Å². The molecule has 3 aromatic rings. The molecule has 0 unspecified atom stereocenters. The van der Waals surface area contributed by atoms with E-state index in [9.17, 15) is 0 Å². The van der Waals surface area contributed by atoms with Gasteiger partial charge in [-0.1, -0.05) is 59.7 Å². The van der Waals surface area contributed by atoms with Crippen molar-refractivity contribution in [2.45, 2.75) is 27.1 Å². The fraction of sp³-hybridized carbons (Fsp3) is 0.200. The summed E-state index contributed by atoms with van der Waals surface area (Å²) in [6.45, 7) is 5.65. The largest absolute Gasteiger partial charge is 0.372 e. The van der Waals surface area contributed by atoms with Crippen molar-refractivity contribution >= 4 is 10.8 Å². The summed E-state index contributed by atoms with van der Waals surface area (Å²) in [7, 11) is 0. The third kappa shape index (κ3) is 2.05. The maximum absolute atomic E-state index is 5.94. The quantitative estimate of drug-likeness (QED) is 0.550. The second kappa shape index (κ2) is 4.71. The van der Waals surface area contributed by atoms with E-state index >= 15 is 0 Å². The number of benzene rings is 3. The molecule has 1 aliphatic heterocycles. The summed E-state index contributed by atoms with van der Waals surface area (Å²) in [4.78, 5) is 0. The SMILES string of the molecule is Cc1ccc2c(c1)COCc1c-2ccc2cc(C)ccc12. The average Bonchev–Trinajstić information content (AvgIpc) is 2.65. The molecule has 4 rings (SSSR count). The molecule has 0 atom stereocenters. The fourth-order valence-electron chi connectivity index (χ4n) is 3.29. The van der Waals surface area contributed by atoms with E-state index in [1.807, 2.05) is 0 Å². The molecule has 1 heteroatoms. The van der Waals surface area contributed by atoms with Crippen molar-refractivity contribution < 1.29 is 4.74 Å². The van der Waals surface area contributed by atoms with E-state index in [-0.39, 0.29) is 0 Å². The number of fused-ring (bicyclic) bond motifs is 5. The lowest BCUT2D eigenvalue weighted by atomic mass is 9.91. The molecule has 0 saturated carbocycles. The molecule has 3 aromatic carbocycles. The molecule has 0 fully saturated rings. The Balaban J connectivity index is 2.03. The maximum atomic E-state index is 5.94. The van der Waals surface area contributed by atoms with Crippen LogP contribution in [0, 0.1) is 13.8 Å². The molecule has 0 amide bonds. The standard InChI is InChI=1S/C20H18O/c1-13-3-6-17-15(9-13)5-8-19-18-7-4-14(2)10-16(18)11-21-12-20(17)19/h3-10H,11-12H2,1-2H3. The van der Waals surface area contributed by atoms with Crippen LogP contribution in [-0.4, -0.2) is 0 Å². The Bertz CT molecular complexity index is 846. The lowest BCUT2D eigenvalue weighted by molar-refractivity contribution is 0.110. The molecular formula is C20H18O. The second-order valence-electron chi connectivity index (χ2n) is 5.97. The molecular weight excluding hydrogens is 256 g/mol. The molecule has 21 heavy (non-hydrogen) atoms. The number of aryl methyl sites for hydroxylation is 2. The topological polar surface area (TPSA) is 9.23 Å². The predicted molar refractivity (Wildman–Crippen MR) is 87.4 cm³/mol. The zero-order valence-electron chi connectivity index (χ0n) is 12.4. The summed E-state index contributed by atoms with van der Waals surface area (Å²) < 4.78 is 5.94. The molecule has 1 heterocycles. The van der Waals surface area contributed by atoms with E-state index in [4.69, 9.17) is 4.74 Å². The van der Waals surface area contributed by atoms with Gasteiger partial charge in [-0.15, -0.1) is 0 Å². The number of rotatable bonds is 0. The molecule has 1 nitrogen and oxygen atoms in total. The molecule has 0 aliphatic carbocycles. The van der Waals surface area contributed by atoms with Gasteiger partial charge >= 0.3 is 0 Å². The van der Waals surface area contributed by atoms with E-state index in [1.54, 1.807) is 0 Å². The van der Waals surface area contributed by atoms with Gasteiger partial charge in [0.1, 0.15) is 0 Å². The van der Waals surface area contributed by atoms with Crippen LogP contribution >= 0.6 is 0 Å². The van der Waals surface area contributed by atoms with E-state index in [0.717, 1.165) is 0 Å². The first-order valence-electron chi connectivity index (χ1n) is 7.42. The van der Waals surface area contributed by atoms with Crippen LogP contribution in [0.1, 0.15) is 22.3 Å². The van der Waals surface area contributed by atoms with Gasteiger partial charge in [-0.05, 0) is 46.9 Å². The minimum atomic E-state index is 0.684. The van der Waals surface area contributed by atoms with E-state index in [2.05, 4.69) is 62.4 Å². The summed E-state index contributed by atoms with van der Waals surface area (Å²) >= 11 is 0. The minimum absolute atomic E-state index is 0.684. The van der Waals surface area contributed by atoms with Crippen LogP contribution in [0.3, 0.4) is 0 Å². The summed E-state index contributed by atoms with van der Waals surface area (Å²) in [5, 5.41) is 2.61. The molecule has 1 aliphatic rings. The van der Waals surface area contributed by atoms with Crippen molar-refractivity contribution in [3.8, 4) is 11.1 Å². The van der Waals surface area contributed by atoms with E-state index in [0.29, 0.717) is 13.2 Å². The molecule has 0 N–H and O–H groups in total. The summed E-state index contributed by atoms with van der Waals surface area (Å²) in [6, 6.07) is 17.8. The average molecular weight is 274 g/mol. The Morgan fingerprint density at radius 2 is 1.52 bits per heavy atom. The number of ether oxygens (including phenoxy) is 1. The first-order chi connectivity index (χ1) is 10.2. The van der Waals surface area contributed by atoms with Gasteiger partial charge in [0.25, 0.3) is 0 Å². The van der Waals surface area contributed by atoms with Gasteiger partial charge < -0.3 is 4.74 Å². The van der Waals surface area contributed by atoms with Crippen LogP contribution < -0.4 is 0 Å². The Hall–Kier alpha value is -2.12. The third-order valence-corrected chi connectivity index (χ3v) is 4.34. The van der Waals surface area contributed by atoms with Crippen molar-refractivity contribution in [1.29, 1.82) is 0 Å². The Morgan fingerprint density at radius 1 is 0.762 bits per heavy atom. The van der Waals surface area contributed by atoms with Gasteiger partial charge in [-0.2, -0.15) is 0 Å². The highest BCUT2D eigenvalue weighted by molar-refractivity contribution is 5.92. The Kier molecular flexibility index (Phi) is 2.83.